The molecule has 3 N–H and O–H groups in total. The highest BCUT2D eigenvalue weighted by Crippen LogP contribution is 2.39. The van der Waals surface area contributed by atoms with Crippen LogP contribution in [-0.4, -0.2) is 133 Å². The van der Waals surface area contributed by atoms with Gasteiger partial charge in [-0.25, -0.2) is 22.8 Å². The number of halogens is 6. The monoisotopic (exact) mass is 959 g/mol. The molecule has 362 valence electrons. The number of aromatic nitrogens is 5. The van der Waals surface area contributed by atoms with E-state index in [1.807, 2.05) is 49.4 Å². The molecule has 2 unspecified atom stereocenters. The smallest absolute Gasteiger partial charge is 0.367 e. The molecular weight excluding hydrogens is 913 g/mol. The lowest BCUT2D eigenvalue weighted by molar-refractivity contribution is -0.182. The third-order valence-corrected chi connectivity index (χ3v) is 13.4. The minimum absolute atomic E-state index is 0.0330. The van der Waals surface area contributed by atoms with Crippen molar-refractivity contribution in [1.29, 1.82) is 0 Å². The van der Waals surface area contributed by atoms with Crippen LogP contribution in [0, 0.1) is 12.7 Å². The number of imide groups is 2. The summed E-state index contributed by atoms with van der Waals surface area (Å²) in [4.78, 5) is 73.3. The quantitative estimate of drug-likeness (QED) is 0.115. The number of alkyl halides is 5. The third kappa shape index (κ3) is 9.09. The van der Waals surface area contributed by atoms with Crippen molar-refractivity contribution >= 4 is 35.2 Å². The molecule has 2 aromatic heterocycles. The number of hydrogen-bond acceptors (Lipinski definition) is 11. The molecule has 4 aliphatic heterocycles. The maximum Gasteiger partial charge on any atom is 0.401 e. The predicted molar refractivity (Wildman–Crippen MR) is 236 cm³/mol. The second-order valence-electron chi connectivity index (χ2n) is 18.4. The van der Waals surface area contributed by atoms with Crippen LogP contribution in [0.1, 0.15) is 87.0 Å². The zero-order chi connectivity index (χ0) is 49.2. The van der Waals surface area contributed by atoms with Crippen LogP contribution in [0.2, 0.25) is 0 Å². The summed E-state index contributed by atoms with van der Waals surface area (Å²) in [6.07, 6.45) is -1.51. The van der Waals surface area contributed by atoms with Gasteiger partial charge in [-0.3, -0.25) is 49.1 Å². The minimum Gasteiger partial charge on any atom is -0.367 e. The molecule has 4 aliphatic rings. The Kier molecular flexibility index (Phi) is 12.2. The summed E-state index contributed by atoms with van der Waals surface area (Å²) in [7, 11) is 0. The van der Waals surface area contributed by atoms with Gasteiger partial charge in [0.1, 0.15) is 23.1 Å². The summed E-state index contributed by atoms with van der Waals surface area (Å²) in [5.41, 5.74) is 2.01. The number of benzene rings is 3. The number of piperazine rings is 1. The van der Waals surface area contributed by atoms with E-state index in [0.29, 0.717) is 18.8 Å². The predicted octanol–water partition coefficient (Wildman–Crippen LogP) is 5.31. The lowest BCUT2D eigenvalue weighted by Gasteiger charge is -2.46. The summed E-state index contributed by atoms with van der Waals surface area (Å²) in [5, 5.41) is 15.2. The van der Waals surface area contributed by atoms with Gasteiger partial charge in [-0.05, 0) is 80.1 Å². The van der Waals surface area contributed by atoms with E-state index in [9.17, 15) is 37.1 Å². The fourth-order valence-corrected chi connectivity index (χ4v) is 9.35. The molecule has 69 heavy (non-hydrogen) atoms. The van der Waals surface area contributed by atoms with E-state index in [1.54, 1.807) is 19.4 Å². The number of carbonyl (C=O) groups excluding carboxylic acids is 5. The average molecular weight is 960 g/mol. The first-order valence-corrected chi connectivity index (χ1v) is 22.3. The van der Waals surface area contributed by atoms with Crippen molar-refractivity contribution in [3.63, 3.8) is 0 Å². The summed E-state index contributed by atoms with van der Waals surface area (Å²) >= 11 is 0. The van der Waals surface area contributed by atoms with E-state index in [0.717, 1.165) is 47.1 Å². The number of H-pyrrole nitrogens is 1. The van der Waals surface area contributed by atoms with Crippen molar-refractivity contribution in [1.82, 2.24) is 50.3 Å². The second-order valence-corrected chi connectivity index (χ2v) is 18.4. The summed E-state index contributed by atoms with van der Waals surface area (Å²) < 4.78 is 89.0. The summed E-state index contributed by atoms with van der Waals surface area (Å²) in [6.45, 7) is 4.83. The van der Waals surface area contributed by atoms with Crippen LogP contribution < -0.4 is 15.5 Å². The zero-order valence-electron chi connectivity index (χ0n) is 37.7. The normalized spacial score (nSPS) is 20.4. The number of amides is 5. The van der Waals surface area contributed by atoms with Gasteiger partial charge in [0.2, 0.25) is 11.8 Å². The Morgan fingerprint density at radius 1 is 0.884 bits per heavy atom. The highest BCUT2D eigenvalue weighted by Gasteiger charge is 2.52. The number of fused-ring (bicyclic) bond motifs is 1. The molecule has 6 heterocycles. The zero-order valence-corrected chi connectivity index (χ0v) is 37.7. The van der Waals surface area contributed by atoms with E-state index in [4.69, 9.17) is 0 Å². The van der Waals surface area contributed by atoms with E-state index in [-0.39, 0.29) is 80.2 Å². The molecule has 3 saturated heterocycles. The number of hydrogen-bond donors (Lipinski definition) is 3. The lowest BCUT2D eigenvalue weighted by atomic mass is 9.92. The maximum atomic E-state index is 15.9. The first-order valence-electron chi connectivity index (χ1n) is 22.3. The first kappa shape index (κ1) is 47.1. The van der Waals surface area contributed by atoms with Crippen LogP contribution >= 0.6 is 0 Å². The third-order valence-electron chi connectivity index (χ3n) is 13.4. The molecule has 22 heteroatoms. The van der Waals surface area contributed by atoms with Crippen LogP contribution in [0.3, 0.4) is 0 Å². The van der Waals surface area contributed by atoms with Gasteiger partial charge in [-0.15, -0.1) is 0 Å². The van der Waals surface area contributed by atoms with Gasteiger partial charge in [-0.1, -0.05) is 30.3 Å². The molecular formula is C47H47F6N11O5. The van der Waals surface area contributed by atoms with Gasteiger partial charge in [0, 0.05) is 51.9 Å². The Balaban J connectivity index is 0.761. The van der Waals surface area contributed by atoms with Gasteiger partial charge in [0.05, 0.1) is 53.4 Å². The number of carbonyl (C=O) groups is 5. The fourth-order valence-electron chi connectivity index (χ4n) is 9.35. The van der Waals surface area contributed by atoms with Gasteiger partial charge < -0.3 is 10.2 Å². The maximum absolute atomic E-state index is 15.9. The Bertz CT molecular complexity index is 2850. The van der Waals surface area contributed by atoms with Crippen molar-refractivity contribution in [2.75, 3.05) is 44.2 Å². The van der Waals surface area contributed by atoms with Crippen molar-refractivity contribution in [2.24, 2.45) is 0 Å². The molecule has 0 radical (unpaired) electrons. The van der Waals surface area contributed by atoms with Gasteiger partial charge in [0.25, 0.3) is 23.6 Å². The highest BCUT2D eigenvalue weighted by atomic mass is 19.4. The Labute approximate surface area is 391 Å². The SMILES string of the molecule is Cc1cc(-c2ccc(CN3CCC(N4CCN(c5cc6c(cc5F)C(=O)N(C5CCC(=O)NC5=O)C6=O)CC4)C(F)(F)C3)cc2)ccc1-n1cc(C(=O)NCc2nc(C(C)(C)C(F)(F)F)n[nH]2)cn1. The van der Waals surface area contributed by atoms with E-state index in [1.165, 1.54) is 18.5 Å². The van der Waals surface area contributed by atoms with Crippen molar-refractivity contribution < 1.29 is 50.3 Å². The number of piperidine rings is 2. The lowest BCUT2D eigenvalue weighted by Crippen LogP contribution is -2.61. The van der Waals surface area contributed by atoms with Crippen LogP contribution in [-0.2, 0) is 28.1 Å². The molecule has 3 fully saturated rings. The highest BCUT2D eigenvalue weighted by molar-refractivity contribution is 6.23. The molecule has 3 aromatic carbocycles. The van der Waals surface area contributed by atoms with E-state index in [2.05, 4.69) is 30.9 Å². The Morgan fingerprint density at radius 3 is 2.25 bits per heavy atom. The molecule has 5 aromatic rings. The number of nitrogens with zero attached hydrogens (tertiary/aromatic N) is 8. The van der Waals surface area contributed by atoms with Gasteiger partial charge >= 0.3 is 6.18 Å². The van der Waals surface area contributed by atoms with Crippen LogP contribution in [0.25, 0.3) is 16.8 Å². The number of aryl methyl sites for hydroxylation is 1. The van der Waals surface area contributed by atoms with Crippen molar-refractivity contribution in [2.45, 2.75) is 82.7 Å². The van der Waals surface area contributed by atoms with Crippen LogP contribution in [0.4, 0.5) is 32.0 Å². The minimum atomic E-state index is -4.56. The number of anilines is 1. The molecule has 2 atom stereocenters. The number of rotatable bonds is 11. The Hall–Kier alpha value is -6.94. The van der Waals surface area contributed by atoms with E-state index < -0.39 is 77.3 Å². The molecule has 0 spiro atoms. The van der Waals surface area contributed by atoms with Crippen LogP contribution in [0.5, 0.6) is 0 Å². The number of likely N-dealkylation sites (tertiary alicyclic amines) is 1. The summed E-state index contributed by atoms with van der Waals surface area (Å²) in [6, 6.07) is 13.4. The van der Waals surface area contributed by atoms with Crippen LogP contribution in [0.15, 0.2) is 67.0 Å². The fraction of sp³-hybridized carbons (Fsp3) is 0.404. The Morgan fingerprint density at radius 2 is 1.58 bits per heavy atom. The topological polar surface area (TPSA) is 182 Å². The second kappa shape index (κ2) is 17.9. The van der Waals surface area contributed by atoms with Crippen molar-refractivity contribution in [3.8, 4) is 16.8 Å². The van der Waals surface area contributed by atoms with Gasteiger partial charge in [-0.2, -0.15) is 23.4 Å². The van der Waals surface area contributed by atoms with Gasteiger partial charge in [0.15, 0.2) is 5.82 Å². The standard InChI is InChI=1S/C47H47F6N11O5/c1-26-18-29(8-9-34(26)63-24-30(21-55-63)40(66)54-22-38-56-44(59-58-38)45(2,3)47(51,52)53)28-6-4-27(5-7-28)23-60-13-12-37(46(49,50)25-60)62-16-14-61(15-17-62)36-20-32-31(19-33(36)48)42(68)64(43(32)69)35-10-11-39(65)57-41(35)67/h4-9,18-21,24,35,37H,10-17,22-23,25H2,1-3H3,(H,54,66)(H,56,58,59)(H,57,65,67). The van der Waals surface area contributed by atoms with E-state index >= 15 is 13.2 Å². The molecule has 0 saturated carbocycles. The molecule has 9 rings (SSSR count). The number of nitrogens with one attached hydrogen (secondary N) is 3. The first-order chi connectivity index (χ1) is 32.7. The molecule has 0 aliphatic carbocycles. The summed E-state index contributed by atoms with van der Waals surface area (Å²) in [5.74, 6) is -7.51. The van der Waals surface area contributed by atoms with Crippen molar-refractivity contribution in [3.05, 3.63) is 112 Å². The molecule has 16 nitrogen and oxygen atoms in total. The number of aromatic amines is 1. The average Bonchev–Trinajstić information content (AvgIpc) is 4.05. The molecule has 0 bridgehead atoms. The molecule has 5 amide bonds. The largest absolute Gasteiger partial charge is 0.401 e.